The summed E-state index contributed by atoms with van der Waals surface area (Å²) < 4.78 is 27.0. The Bertz CT molecular complexity index is 544. The number of sulfonamides is 1. The first-order chi connectivity index (χ1) is 9.95. The Kier molecular flexibility index (Phi) is 5.82. The van der Waals surface area contributed by atoms with Gasteiger partial charge in [-0.1, -0.05) is 20.8 Å². The van der Waals surface area contributed by atoms with Crippen molar-refractivity contribution < 1.29 is 8.42 Å². The zero-order valence-corrected chi connectivity index (χ0v) is 14.8. The molecule has 1 aliphatic heterocycles. The number of thiophene rings is 1. The van der Waals surface area contributed by atoms with Crippen molar-refractivity contribution in [1.82, 2.24) is 9.62 Å². The van der Waals surface area contributed by atoms with Crippen LogP contribution in [0.15, 0.2) is 16.3 Å². The molecule has 1 aromatic heterocycles. The fourth-order valence-corrected chi connectivity index (χ4v) is 5.47. The Morgan fingerprint density at radius 2 is 2.05 bits per heavy atom. The van der Waals surface area contributed by atoms with Crippen LogP contribution in [0.4, 0.5) is 0 Å². The van der Waals surface area contributed by atoms with Gasteiger partial charge in [0.15, 0.2) is 0 Å². The molecule has 1 aliphatic rings. The summed E-state index contributed by atoms with van der Waals surface area (Å²) in [5.74, 6) is 1.30. The van der Waals surface area contributed by atoms with E-state index in [-0.39, 0.29) is 0 Å². The van der Waals surface area contributed by atoms with E-state index in [2.05, 4.69) is 19.2 Å². The van der Waals surface area contributed by atoms with E-state index in [0.717, 1.165) is 30.8 Å². The highest BCUT2D eigenvalue weighted by Gasteiger charge is 2.30. The predicted octanol–water partition coefficient (Wildman–Crippen LogP) is 2.91. The maximum absolute atomic E-state index is 12.7. The molecule has 0 atom stereocenters. The van der Waals surface area contributed by atoms with Crippen LogP contribution < -0.4 is 5.32 Å². The van der Waals surface area contributed by atoms with Crippen LogP contribution in [-0.4, -0.2) is 32.4 Å². The lowest BCUT2D eigenvalue weighted by molar-refractivity contribution is 0.226. The SMILES string of the molecule is CCNCc1cc(S(=O)(=O)N2CCC(C(C)C)CC2)cs1. The molecule has 6 heteroatoms. The van der Waals surface area contributed by atoms with E-state index in [9.17, 15) is 8.42 Å². The maximum Gasteiger partial charge on any atom is 0.243 e. The van der Waals surface area contributed by atoms with Crippen molar-refractivity contribution >= 4 is 21.4 Å². The quantitative estimate of drug-likeness (QED) is 0.872. The molecule has 0 saturated carbocycles. The molecule has 0 bridgehead atoms. The van der Waals surface area contributed by atoms with Crippen LogP contribution in [0.5, 0.6) is 0 Å². The van der Waals surface area contributed by atoms with Gasteiger partial charge in [0.1, 0.15) is 0 Å². The first-order valence-electron chi connectivity index (χ1n) is 7.73. The summed E-state index contributed by atoms with van der Waals surface area (Å²) in [6.45, 7) is 9.44. The van der Waals surface area contributed by atoms with E-state index in [1.54, 1.807) is 9.69 Å². The number of piperidine rings is 1. The molecule has 1 aromatic rings. The third kappa shape index (κ3) is 4.06. The molecule has 0 aromatic carbocycles. The molecule has 21 heavy (non-hydrogen) atoms. The van der Waals surface area contributed by atoms with Crippen LogP contribution in [-0.2, 0) is 16.6 Å². The van der Waals surface area contributed by atoms with Crippen LogP contribution in [0, 0.1) is 11.8 Å². The molecule has 0 amide bonds. The molecule has 0 spiro atoms. The van der Waals surface area contributed by atoms with E-state index in [4.69, 9.17) is 0 Å². The topological polar surface area (TPSA) is 49.4 Å². The van der Waals surface area contributed by atoms with Crippen molar-refractivity contribution in [3.63, 3.8) is 0 Å². The Morgan fingerprint density at radius 3 is 2.62 bits per heavy atom. The molecule has 1 saturated heterocycles. The zero-order chi connectivity index (χ0) is 15.5. The summed E-state index contributed by atoms with van der Waals surface area (Å²) in [4.78, 5) is 1.54. The minimum atomic E-state index is -3.30. The van der Waals surface area contributed by atoms with Gasteiger partial charge >= 0.3 is 0 Å². The van der Waals surface area contributed by atoms with Gasteiger partial charge in [0.2, 0.25) is 10.0 Å². The molecule has 120 valence electrons. The van der Waals surface area contributed by atoms with Crippen LogP contribution in [0.1, 0.15) is 38.5 Å². The molecule has 0 radical (unpaired) electrons. The van der Waals surface area contributed by atoms with Crippen LogP contribution >= 0.6 is 11.3 Å². The highest BCUT2D eigenvalue weighted by atomic mass is 32.2. The van der Waals surface area contributed by atoms with Crippen molar-refractivity contribution in [3.8, 4) is 0 Å². The highest BCUT2D eigenvalue weighted by Crippen LogP contribution is 2.29. The van der Waals surface area contributed by atoms with E-state index in [1.807, 2.05) is 13.0 Å². The van der Waals surface area contributed by atoms with Gasteiger partial charge in [0.25, 0.3) is 0 Å². The molecule has 1 fully saturated rings. The van der Waals surface area contributed by atoms with Gasteiger partial charge in [-0.2, -0.15) is 4.31 Å². The van der Waals surface area contributed by atoms with Gasteiger partial charge in [0, 0.05) is 29.9 Å². The second-order valence-corrected chi connectivity index (χ2v) is 8.95. The molecule has 2 heterocycles. The molecular formula is C15H26N2O2S2. The summed E-state index contributed by atoms with van der Waals surface area (Å²) in [6, 6.07) is 1.82. The molecule has 2 rings (SSSR count). The van der Waals surface area contributed by atoms with Gasteiger partial charge in [0.05, 0.1) is 4.90 Å². The average Bonchev–Trinajstić information content (AvgIpc) is 2.94. The van der Waals surface area contributed by atoms with E-state index in [1.165, 1.54) is 11.3 Å². The summed E-state index contributed by atoms with van der Waals surface area (Å²) in [6.07, 6.45) is 1.95. The lowest BCUT2D eigenvalue weighted by atomic mass is 9.87. The molecular weight excluding hydrogens is 304 g/mol. The Hall–Kier alpha value is -0.430. The van der Waals surface area contributed by atoms with Crippen molar-refractivity contribution in [1.29, 1.82) is 0 Å². The smallest absolute Gasteiger partial charge is 0.243 e. The molecule has 1 N–H and O–H groups in total. The third-order valence-electron chi connectivity index (χ3n) is 4.26. The number of nitrogens with zero attached hydrogens (tertiary/aromatic N) is 1. The molecule has 0 unspecified atom stereocenters. The highest BCUT2D eigenvalue weighted by molar-refractivity contribution is 7.89. The maximum atomic E-state index is 12.7. The summed E-state index contributed by atoms with van der Waals surface area (Å²) in [7, 11) is -3.30. The second kappa shape index (κ2) is 7.22. The fraction of sp³-hybridized carbons (Fsp3) is 0.733. The van der Waals surface area contributed by atoms with Gasteiger partial charge in [-0.3, -0.25) is 0 Å². The lowest BCUT2D eigenvalue weighted by Gasteiger charge is -2.32. The Morgan fingerprint density at radius 1 is 1.38 bits per heavy atom. The van der Waals surface area contributed by atoms with Crippen molar-refractivity contribution in [3.05, 3.63) is 16.3 Å². The number of hydrogen-bond acceptors (Lipinski definition) is 4. The van der Waals surface area contributed by atoms with E-state index in [0.29, 0.717) is 29.8 Å². The first-order valence-corrected chi connectivity index (χ1v) is 10.1. The Labute approximate surface area is 132 Å². The van der Waals surface area contributed by atoms with E-state index < -0.39 is 10.0 Å². The van der Waals surface area contributed by atoms with Crippen molar-refractivity contribution in [2.75, 3.05) is 19.6 Å². The number of nitrogens with one attached hydrogen (secondary N) is 1. The minimum Gasteiger partial charge on any atom is -0.312 e. The van der Waals surface area contributed by atoms with Crippen molar-refractivity contribution in [2.45, 2.75) is 45.1 Å². The largest absolute Gasteiger partial charge is 0.312 e. The van der Waals surface area contributed by atoms with Crippen LogP contribution in [0.25, 0.3) is 0 Å². The first kappa shape index (κ1) is 16.9. The number of rotatable bonds is 6. The second-order valence-electron chi connectivity index (χ2n) is 6.01. The summed E-state index contributed by atoms with van der Waals surface area (Å²) in [5.41, 5.74) is 0. The zero-order valence-electron chi connectivity index (χ0n) is 13.1. The molecule has 0 aliphatic carbocycles. The standard InChI is InChI=1S/C15H26N2O2S2/c1-4-16-10-14-9-15(11-20-14)21(18,19)17-7-5-13(6-8-17)12(2)3/h9,11-13,16H,4-8,10H2,1-3H3. The van der Waals surface area contributed by atoms with Crippen LogP contribution in [0.3, 0.4) is 0 Å². The van der Waals surface area contributed by atoms with Gasteiger partial charge in [-0.05, 0) is 37.3 Å². The molecule has 4 nitrogen and oxygen atoms in total. The Balaban J connectivity index is 2.03. The predicted molar refractivity (Wildman–Crippen MR) is 88.0 cm³/mol. The third-order valence-corrected chi connectivity index (χ3v) is 7.22. The lowest BCUT2D eigenvalue weighted by Crippen LogP contribution is -2.39. The average molecular weight is 331 g/mol. The summed E-state index contributed by atoms with van der Waals surface area (Å²) in [5, 5.41) is 5.00. The number of hydrogen-bond donors (Lipinski definition) is 1. The summed E-state index contributed by atoms with van der Waals surface area (Å²) >= 11 is 1.52. The van der Waals surface area contributed by atoms with E-state index >= 15 is 0 Å². The van der Waals surface area contributed by atoms with Crippen LogP contribution in [0.2, 0.25) is 0 Å². The fourth-order valence-electron chi connectivity index (χ4n) is 2.77. The van der Waals surface area contributed by atoms with Crippen molar-refractivity contribution in [2.24, 2.45) is 11.8 Å². The normalized spacial score (nSPS) is 18.5. The van der Waals surface area contributed by atoms with Gasteiger partial charge in [-0.25, -0.2) is 8.42 Å². The van der Waals surface area contributed by atoms with Gasteiger partial charge in [-0.15, -0.1) is 11.3 Å². The van der Waals surface area contributed by atoms with Gasteiger partial charge < -0.3 is 5.32 Å². The monoisotopic (exact) mass is 330 g/mol. The minimum absolute atomic E-state index is 0.461.